The summed E-state index contributed by atoms with van der Waals surface area (Å²) in [6.45, 7) is 10.5. The molecule has 2 heterocycles. The lowest BCUT2D eigenvalue weighted by Gasteiger charge is -2.33. The maximum atomic E-state index is 13.0. The number of amides is 3. The highest BCUT2D eigenvalue weighted by atomic mass is 16.2. The van der Waals surface area contributed by atoms with Crippen molar-refractivity contribution in [2.45, 2.75) is 59.5 Å². The van der Waals surface area contributed by atoms with Crippen molar-refractivity contribution in [3.63, 3.8) is 0 Å². The van der Waals surface area contributed by atoms with E-state index < -0.39 is 0 Å². The van der Waals surface area contributed by atoms with Gasteiger partial charge in [0.1, 0.15) is 0 Å². The van der Waals surface area contributed by atoms with Crippen LogP contribution in [0.1, 0.15) is 51.2 Å². The summed E-state index contributed by atoms with van der Waals surface area (Å²) in [4.78, 5) is 41.5. The molecule has 0 aliphatic carbocycles. The average Bonchev–Trinajstić information content (AvgIpc) is 3.09. The Bertz CT molecular complexity index is 766. The summed E-state index contributed by atoms with van der Waals surface area (Å²) in [6, 6.07) is 8.31. The van der Waals surface area contributed by atoms with Crippen molar-refractivity contribution in [3.8, 4) is 0 Å². The number of likely N-dealkylation sites (tertiary alicyclic amines) is 2. The highest BCUT2D eigenvalue weighted by Gasteiger charge is 2.38. The molecule has 6 heteroatoms. The number of nitrogens with zero attached hydrogens (tertiary/aromatic N) is 2. The lowest BCUT2D eigenvalue weighted by Crippen LogP contribution is -2.47. The van der Waals surface area contributed by atoms with E-state index in [4.69, 9.17) is 0 Å². The van der Waals surface area contributed by atoms with Gasteiger partial charge in [-0.3, -0.25) is 14.4 Å². The molecule has 164 valence electrons. The minimum absolute atomic E-state index is 0.0292. The molecule has 0 bridgehead atoms. The maximum Gasteiger partial charge on any atom is 0.227 e. The fourth-order valence-corrected chi connectivity index (χ4v) is 4.13. The third-order valence-corrected chi connectivity index (χ3v) is 6.61. The second-order valence-corrected chi connectivity index (χ2v) is 9.30. The number of benzene rings is 1. The first-order valence-electron chi connectivity index (χ1n) is 11.2. The van der Waals surface area contributed by atoms with Crippen molar-refractivity contribution in [1.29, 1.82) is 0 Å². The van der Waals surface area contributed by atoms with Crippen LogP contribution in [0, 0.1) is 24.7 Å². The summed E-state index contributed by atoms with van der Waals surface area (Å²) in [5, 5.41) is 3.09. The van der Waals surface area contributed by atoms with Crippen molar-refractivity contribution >= 4 is 17.7 Å². The molecule has 30 heavy (non-hydrogen) atoms. The van der Waals surface area contributed by atoms with E-state index in [1.165, 1.54) is 5.56 Å². The number of aryl methyl sites for hydroxylation is 1. The minimum Gasteiger partial charge on any atom is -0.353 e. The van der Waals surface area contributed by atoms with Crippen LogP contribution in [0.5, 0.6) is 0 Å². The number of carbonyl (C=O) groups is 3. The molecule has 2 saturated heterocycles. The molecule has 1 aromatic rings. The first-order valence-corrected chi connectivity index (χ1v) is 11.2. The smallest absolute Gasteiger partial charge is 0.227 e. The summed E-state index contributed by atoms with van der Waals surface area (Å²) in [6.07, 6.45) is 1.67. The molecule has 0 aromatic heterocycles. The fraction of sp³-hybridized carbons (Fsp3) is 0.625. The highest BCUT2D eigenvalue weighted by molar-refractivity contribution is 5.89. The standard InChI is InChI=1S/C24H35N3O3/c1-16(2)18(4)25-23(29)20-9-11-26(12-10-20)24(30)21-13-22(28)27(15-21)14-19-7-5-17(3)6-8-19/h5-8,16,18,20-21H,9-15H2,1-4H3,(H,25,29). The van der Waals surface area contributed by atoms with E-state index in [1.807, 2.05) is 43.0 Å². The summed E-state index contributed by atoms with van der Waals surface area (Å²) in [7, 11) is 0. The van der Waals surface area contributed by atoms with Crippen LogP contribution in [-0.2, 0) is 20.9 Å². The quantitative estimate of drug-likeness (QED) is 0.780. The molecule has 1 N–H and O–H groups in total. The van der Waals surface area contributed by atoms with Crippen LogP contribution < -0.4 is 5.32 Å². The first-order chi connectivity index (χ1) is 14.2. The molecule has 2 atom stereocenters. The van der Waals surface area contributed by atoms with Crippen molar-refractivity contribution in [1.82, 2.24) is 15.1 Å². The lowest BCUT2D eigenvalue weighted by molar-refractivity contribution is -0.139. The lowest BCUT2D eigenvalue weighted by atomic mass is 9.93. The van der Waals surface area contributed by atoms with Gasteiger partial charge in [0.15, 0.2) is 0 Å². The van der Waals surface area contributed by atoms with Crippen LogP contribution in [0.2, 0.25) is 0 Å². The Kier molecular flexibility index (Phi) is 7.16. The van der Waals surface area contributed by atoms with E-state index in [1.54, 1.807) is 4.90 Å². The number of piperidine rings is 1. The normalized spacial score (nSPS) is 21.2. The van der Waals surface area contributed by atoms with Crippen LogP contribution in [0.25, 0.3) is 0 Å². The molecule has 1 aromatic carbocycles. The molecule has 0 saturated carbocycles. The zero-order valence-electron chi connectivity index (χ0n) is 18.7. The molecule has 2 aliphatic rings. The van der Waals surface area contributed by atoms with E-state index in [0.29, 0.717) is 44.9 Å². The van der Waals surface area contributed by atoms with Crippen molar-refractivity contribution in [3.05, 3.63) is 35.4 Å². The molecule has 0 spiro atoms. The minimum atomic E-state index is -0.269. The largest absolute Gasteiger partial charge is 0.353 e. The van der Waals surface area contributed by atoms with Crippen molar-refractivity contribution in [2.24, 2.45) is 17.8 Å². The van der Waals surface area contributed by atoms with Gasteiger partial charge in [0.2, 0.25) is 17.7 Å². The van der Waals surface area contributed by atoms with Crippen LogP contribution in [0.4, 0.5) is 0 Å². The van der Waals surface area contributed by atoms with Gasteiger partial charge in [-0.15, -0.1) is 0 Å². The topological polar surface area (TPSA) is 69.7 Å². The molecule has 6 nitrogen and oxygen atoms in total. The second kappa shape index (κ2) is 9.63. The first kappa shape index (κ1) is 22.3. The Morgan fingerprint density at radius 3 is 2.30 bits per heavy atom. The molecule has 0 radical (unpaired) electrons. The zero-order valence-corrected chi connectivity index (χ0v) is 18.7. The molecule has 2 unspecified atom stereocenters. The van der Waals surface area contributed by atoms with Crippen LogP contribution in [0.15, 0.2) is 24.3 Å². The van der Waals surface area contributed by atoms with Crippen molar-refractivity contribution in [2.75, 3.05) is 19.6 Å². The number of rotatable bonds is 6. The Morgan fingerprint density at radius 2 is 1.70 bits per heavy atom. The number of nitrogens with one attached hydrogen (secondary N) is 1. The molecule has 3 amide bonds. The van der Waals surface area contributed by atoms with Gasteiger partial charge >= 0.3 is 0 Å². The predicted molar refractivity (Wildman–Crippen MR) is 116 cm³/mol. The van der Waals surface area contributed by atoms with E-state index in [2.05, 4.69) is 19.2 Å². The summed E-state index contributed by atoms with van der Waals surface area (Å²) in [5.41, 5.74) is 2.28. The summed E-state index contributed by atoms with van der Waals surface area (Å²) in [5.74, 6) is 0.310. The van der Waals surface area contributed by atoms with Gasteiger partial charge in [-0.1, -0.05) is 43.7 Å². The average molecular weight is 414 g/mol. The molecule has 2 aliphatic heterocycles. The van der Waals surface area contributed by atoms with Gasteiger partial charge in [0.25, 0.3) is 0 Å². The Balaban J connectivity index is 1.49. The monoisotopic (exact) mass is 413 g/mol. The van der Waals surface area contributed by atoms with Crippen LogP contribution >= 0.6 is 0 Å². The van der Waals surface area contributed by atoms with Gasteiger partial charge < -0.3 is 15.1 Å². The third kappa shape index (κ3) is 5.41. The number of carbonyl (C=O) groups excluding carboxylic acids is 3. The molecule has 2 fully saturated rings. The number of hydrogen-bond donors (Lipinski definition) is 1. The summed E-state index contributed by atoms with van der Waals surface area (Å²) >= 11 is 0. The van der Waals surface area contributed by atoms with Crippen LogP contribution in [0.3, 0.4) is 0 Å². The van der Waals surface area contributed by atoms with E-state index in [0.717, 1.165) is 5.56 Å². The van der Waals surface area contributed by atoms with Gasteiger partial charge in [0.05, 0.1) is 5.92 Å². The molecule has 3 rings (SSSR count). The maximum absolute atomic E-state index is 13.0. The molecular formula is C24H35N3O3. The van der Waals surface area contributed by atoms with Gasteiger partial charge in [-0.05, 0) is 38.2 Å². The Hall–Kier alpha value is -2.37. The Morgan fingerprint density at radius 1 is 1.07 bits per heavy atom. The predicted octanol–water partition coefficient (Wildman–Crippen LogP) is 2.74. The fourth-order valence-electron chi connectivity index (χ4n) is 4.13. The van der Waals surface area contributed by atoms with Crippen LogP contribution in [-0.4, -0.2) is 53.2 Å². The zero-order chi connectivity index (χ0) is 21.8. The number of hydrogen-bond acceptors (Lipinski definition) is 3. The summed E-state index contributed by atoms with van der Waals surface area (Å²) < 4.78 is 0. The highest BCUT2D eigenvalue weighted by Crippen LogP contribution is 2.25. The van der Waals surface area contributed by atoms with Gasteiger partial charge in [-0.2, -0.15) is 0 Å². The third-order valence-electron chi connectivity index (χ3n) is 6.61. The van der Waals surface area contributed by atoms with E-state index in [9.17, 15) is 14.4 Å². The van der Waals surface area contributed by atoms with Gasteiger partial charge in [0, 0.05) is 44.6 Å². The Labute approximate surface area is 180 Å². The van der Waals surface area contributed by atoms with E-state index in [-0.39, 0.29) is 42.0 Å². The second-order valence-electron chi connectivity index (χ2n) is 9.30. The van der Waals surface area contributed by atoms with Crippen molar-refractivity contribution < 1.29 is 14.4 Å². The molecular weight excluding hydrogens is 378 g/mol. The van der Waals surface area contributed by atoms with E-state index >= 15 is 0 Å². The SMILES string of the molecule is Cc1ccc(CN2CC(C(=O)N3CCC(C(=O)NC(C)C(C)C)CC3)CC2=O)cc1. The van der Waals surface area contributed by atoms with Gasteiger partial charge in [-0.25, -0.2) is 0 Å².